The minimum Gasteiger partial charge on any atom is -0.378 e. The lowest BCUT2D eigenvalue weighted by Crippen LogP contribution is -2.48. The lowest BCUT2D eigenvalue weighted by Gasteiger charge is -2.34. The first-order valence-corrected chi connectivity index (χ1v) is 11.6. The Labute approximate surface area is 189 Å². The lowest BCUT2D eigenvalue weighted by molar-refractivity contribution is 0.0624. The number of fused-ring (bicyclic) bond motifs is 1. The minimum absolute atomic E-state index is 0.00202. The third-order valence-corrected chi connectivity index (χ3v) is 6.89. The number of amides is 1. The number of thiophene rings is 1. The van der Waals surface area contributed by atoms with Gasteiger partial charge in [-0.3, -0.25) is 14.7 Å². The average Bonchev–Trinajstić information content (AvgIpc) is 3.21. The van der Waals surface area contributed by atoms with Crippen LogP contribution in [0.5, 0.6) is 0 Å². The van der Waals surface area contributed by atoms with Crippen molar-refractivity contribution in [3.63, 3.8) is 0 Å². The molecular formula is C21H23ClN6O2S. The number of aromatic nitrogens is 3. The molecule has 31 heavy (non-hydrogen) atoms. The molecule has 0 spiro atoms. The predicted molar refractivity (Wildman–Crippen MR) is 121 cm³/mol. The molecule has 2 fully saturated rings. The van der Waals surface area contributed by atoms with Gasteiger partial charge in [0.1, 0.15) is 5.69 Å². The van der Waals surface area contributed by atoms with Crippen molar-refractivity contribution in [3.8, 4) is 0 Å². The first-order chi connectivity index (χ1) is 15.2. The predicted octanol–water partition coefficient (Wildman–Crippen LogP) is 2.53. The van der Waals surface area contributed by atoms with Gasteiger partial charge in [-0.1, -0.05) is 6.07 Å². The number of piperazine rings is 1. The number of nitrogens with zero attached hydrogens (tertiary/aromatic N) is 6. The normalized spacial score (nSPS) is 18.0. The molecule has 2 saturated heterocycles. The van der Waals surface area contributed by atoms with E-state index in [1.807, 2.05) is 17.0 Å². The van der Waals surface area contributed by atoms with Crippen LogP contribution in [0.4, 0.5) is 5.82 Å². The molecule has 5 heterocycles. The van der Waals surface area contributed by atoms with Gasteiger partial charge in [0.2, 0.25) is 5.28 Å². The Bertz CT molecular complexity index is 1060. The van der Waals surface area contributed by atoms with Crippen molar-refractivity contribution in [2.75, 3.05) is 57.4 Å². The number of pyridine rings is 1. The maximum atomic E-state index is 12.6. The maximum Gasteiger partial charge on any atom is 0.272 e. The zero-order valence-electron chi connectivity index (χ0n) is 17.0. The molecule has 5 rings (SSSR count). The highest BCUT2D eigenvalue weighted by atomic mass is 35.5. The van der Waals surface area contributed by atoms with E-state index in [1.54, 1.807) is 23.6 Å². The van der Waals surface area contributed by atoms with Crippen LogP contribution < -0.4 is 4.90 Å². The van der Waals surface area contributed by atoms with Crippen LogP contribution >= 0.6 is 22.9 Å². The van der Waals surface area contributed by atoms with E-state index in [0.29, 0.717) is 32.0 Å². The zero-order chi connectivity index (χ0) is 21.2. The van der Waals surface area contributed by atoms with Gasteiger partial charge in [-0.2, -0.15) is 4.98 Å². The van der Waals surface area contributed by atoms with Crippen molar-refractivity contribution in [2.24, 2.45) is 0 Å². The zero-order valence-corrected chi connectivity index (χ0v) is 18.6. The SMILES string of the molecule is O=C(c1ccccn1)N1CCN(Cc2cc3nc(Cl)nc(N4CCOCC4)c3s2)CC1. The fourth-order valence-electron chi connectivity index (χ4n) is 3.98. The number of carbonyl (C=O) groups is 1. The molecule has 0 unspecified atom stereocenters. The van der Waals surface area contributed by atoms with Gasteiger partial charge < -0.3 is 14.5 Å². The summed E-state index contributed by atoms with van der Waals surface area (Å²) in [5.41, 5.74) is 1.40. The van der Waals surface area contributed by atoms with E-state index in [9.17, 15) is 4.79 Å². The summed E-state index contributed by atoms with van der Waals surface area (Å²) in [5.74, 6) is 0.905. The second kappa shape index (κ2) is 9.04. The van der Waals surface area contributed by atoms with Crippen molar-refractivity contribution in [3.05, 3.63) is 46.3 Å². The van der Waals surface area contributed by atoms with Crippen LogP contribution in [0.15, 0.2) is 30.5 Å². The summed E-state index contributed by atoms with van der Waals surface area (Å²) in [6, 6.07) is 7.55. The summed E-state index contributed by atoms with van der Waals surface area (Å²) in [6.45, 7) is 6.89. The minimum atomic E-state index is 0.00202. The molecule has 162 valence electrons. The molecule has 0 atom stereocenters. The van der Waals surface area contributed by atoms with Crippen LogP contribution in [0, 0.1) is 0 Å². The van der Waals surface area contributed by atoms with E-state index in [-0.39, 0.29) is 11.2 Å². The Hall–Kier alpha value is -2.33. The molecule has 8 nitrogen and oxygen atoms in total. The van der Waals surface area contributed by atoms with Gasteiger partial charge in [0.25, 0.3) is 5.91 Å². The van der Waals surface area contributed by atoms with E-state index in [2.05, 4.69) is 30.8 Å². The number of hydrogen-bond acceptors (Lipinski definition) is 8. The number of hydrogen-bond donors (Lipinski definition) is 0. The van der Waals surface area contributed by atoms with Crippen LogP contribution in [0.1, 0.15) is 15.4 Å². The third-order valence-electron chi connectivity index (χ3n) is 5.61. The topological polar surface area (TPSA) is 74.7 Å². The number of ether oxygens (including phenoxy) is 1. The number of rotatable bonds is 4. The van der Waals surface area contributed by atoms with Gasteiger partial charge >= 0.3 is 0 Å². The Morgan fingerprint density at radius 3 is 2.65 bits per heavy atom. The quantitative estimate of drug-likeness (QED) is 0.556. The van der Waals surface area contributed by atoms with Gasteiger partial charge in [0.15, 0.2) is 5.82 Å². The average molecular weight is 459 g/mol. The van der Waals surface area contributed by atoms with Crippen LogP contribution in [-0.4, -0.2) is 83.1 Å². The molecule has 3 aromatic rings. The maximum absolute atomic E-state index is 12.6. The second-order valence-corrected chi connectivity index (χ2v) is 9.10. The number of anilines is 1. The largest absolute Gasteiger partial charge is 0.378 e. The molecule has 0 radical (unpaired) electrons. The molecule has 0 bridgehead atoms. The number of carbonyl (C=O) groups excluding carboxylic acids is 1. The van der Waals surface area contributed by atoms with Crippen molar-refractivity contribution in [1.82, 2.24) is 24.8 Å². The van der Waals surface area contributed by atoms with Crippen molar-refractivity contribution in [2.45, 2.75) is 6.54 Å². The highest BCUT2D eigenvalue weighted by Gasteiger charge is 2.24. The van der Waals surface area contributed by atoms with Crippen LogP contribution in [-0.2, 0) is 11.3 Å². The summed E-state index contributed by atoms with van der Waals surface area (Å²) < 4.78 is 6.54. The Morgan fingerprint density at radius 2 is 1.90 bits per heavy atom. The van der Waals surface area contributed by atoms with Crippen LogP contribution in [0.2, 0.25) is 5.28 Å². The lowest BCUT2D eigenvalue weighted by atomic mass is 10.2. The number of morpholine rings is 1. The molecule has 2 aliphatic heterocycles. The standard InChI is InChI=1S/C21H23ClN6O2S/c22-21-24-17-13-15(31-18(17)19(25-21)27-9-11-30-12-10-27)14-26-5-7-28(8-6-26)20(29)16-3-1-2-4-23-16/h1-4,13H,5-12,14H2. The van der Waals surface area contributed by atoms with Gasteiger partial charge in [-0.25, -0.2) is 4.98 Å². The monoisotopic (exact) mass is 458 g/mol. The molecule has 2 aliphatic rings. The first-order valence-electron chi connectivity index (χ1n) is 10.4. The van der Waals surface area contributed by atoms with E-state index in [4.69, 9.17) is 16.3 Å². The molecule has 0 N–H and O–H groups in total. The fraction of sp³-hybridized carbons (Fsp3) is 0.429. The molecule has 0 saturated carbocycles. The van der Waals surface area contributed by atoms with Crippen molar-refractivity contribution in [1.29, 1.82) is 0 Å². The molecule has 3 aromatic heterocycles. The molecule has 10 heteroatoms. The van der Waals surface area contributed by atoms with Gasteiger partial charge in [-0.15, -0.1) is 11.3 Å². The molecule has 0 aliphatic carbocycles. The molecule has 1 amide bonds. The van der Waals surface area contributed by atoms with E-state index in [1.165, 1.54) is 4.88 Å². The Morgan fingerprint density at radius 1 is 1.10 bits per heavy atom. The van der Waals surface area contributed by atoms with E-state index >= 15 is 0 Å². The first kappa shape index (κ1) is 20.6. The number of halogens is 1. The Kier molecular flexibility index (Phi) is 5.99. The van der Waals surface area contributed by atoms with E-state index in [0.717, 1.165) is 48.8 Å². The van der Waals surface area contributed by atoms with Crippen LogP contribution in [0.3, 0.4) is 0 Å². The Balaban J connectivity index is 1.27. The summed E-state index contributed by atoms with van der Waals surface area (Å²) in [6.07, 6.45) is 1.66. The highest BCUT2D eigenvalue weighted by Crippen LogP contribution is 2.34. The highest BCUT2D eigenvalue weighted by molar-refractivity contribution is 7.19. The summed E-state index contributed by atoms with van der Waals surface area (Å²) in [4.78, 5) is 33.4. The summed E-state index contributed by atoms with van der Waals surface area (Å²) in [5, 5.41) is 0.278. The van der Waals surface area contributed by atoms with Gasteiger partial charge in [-0.05, 0) is 29.8 Å². The molecular weight excluding hydrogens is 436 g/mol. The third kappa shape index (κ3) is 4.50. The van der Waals surface area contributed by atoms with Crippen molar-refractivity contribution >= 4 is 44.9 Å². The molecule has 0 aromatic carbocycles. The van der Waals surface area contributed by atoms with Crippen LogP contribution in [0.25, 0.3) is 10.2 Å². The summed E-state index contributed by atoms with van der Waals surface area (Å²) in [7, 11) is 0. The second-order valence-electron chi connectivity index (χ2n) is 7.63. The smallest absolute Gasteiger partial charge is 0.272 e. The van der Waals surface area contributed by atoms with E-state index < -0.39 is 0 Å². The summed E-state index contributed by atoms with van der Waals surface area (Å²) >= 11 is 7.94. The van der Waals surface area contributed by atoms with Crippen molar-refractivity contribution < 1.29 is 9.53 Å². The fourth-order valence-corrected chi connectivity index (χ4v) is 5.31. The van der Waals surface area contributed by atoms with Gasteiger partial charge in [0.05, 0.1) is 23.4 Å². The van der Waals surface area contributed by atoms with Gasteiger partial charge in [0, 0.05) is 56.9 Å².